The van der Waals surface area contributed by atoms with Crippen LogP contribution in [0.15, 0.2) is 73.3 Å². The number of fused-ring (bicyclic) bond motifs is 2. The van der Waals surface area contributed by atoms with E-state index >= 15 is 0 Å². The molecule has 10 rings (SSSR count). The Morgan fingerprint density at radius 2 is 1.00 bits per heavy atom. The molecule has 0 spiro atoms. The van der Waals surface area contributed by atoms with Crippen molar-refractivity contribution in [1.29, 1.82) is 0 Å². The van der Waals surface area contributed by atoms with E-state index in [0.717, 1.165) is 77.0 Å². The zero-order valence-corrected chi connectivity index (χ0v) is 39.9. The van der Waals surface area contributed by atoms with Crippen molar-refractivity contribution in [1.82, 2.24) is 29.4 Å². The Bertz CT molecular complexity index is 2690. The van der Waals surface area contributed by atoms with Gasteiger partial charge in [-0.05, 0) is 87.8 Å². The van der Waals surface area contributed by atoms with Crippen LogP contribution in [0.25, 0.3) is 33.8 Å². The maximum Gasteiger partial charge on any atom is 0.387 e. The molecule has 4 atom stereocenters. The zero-order chi connectivity index (χ0) is 50.5. The molecule has 2 aromatic carbocycles. The van der Waals surface area contributed by atoms with Crippen molar-refractivity contribution in [2.24, 2.45) is 11.8 Å². The second kappa shape index (κ2) is 22.3. The highest BCUT2D eigenvalue weighted by atomic mass is 19.3. The van der Waals surface area contributed by atoms with Gasteiger partial charge in [-0.15, -0.1) is 0 Å². The molecule has 4 aliphatic rings. The van der Waals surface area contributed by atoms with Crippen LogP contribution in [0.1, 0.15) is 101 Å². The topological polar surface area (TPSA) is 189 Å². The molecule has 6 aromatic rings. The molecule has 4 saturated carbocycles. The van der Waals surface area contributed by atoms with Crippen LogP contribution in [-0.2, 0) is 0 Å². The summed E-state index contributed by atoms with van der Waals surface area (Å²) in [6.07, 6.45) is 17.3. The van der Waals surface area contributed by atoms with Gasteiger partial charge in [0.05, 0.1) is 63.4 Å². The summed E-state index contributed by atoms with van der Waals surface area (Å²) in [5.41, 5.74) is 3.26. The average Bonchev–Trinajstić information content (AvgIpc) is 4.28. The van der Waals surface area contributed by atoms with Gasteiger partial charge in [0, 0.05) is 62.4 Å². The molecule has 388 valence electrons. The number of carbonyl (C=O) groups excluding carboxylic acids is 2. The molecule has 16 nitrogen and oxygen atoms in total. The maximum absolute atomic E-state index is 13.2. The Morgan fingerprint density at radius 1 is 0.611 bits per heavy atom. The lowest BCUT2D eigenvalue weighted by molar-refractivity contribution is -0.0509. The van der Waals surface area contributed by atoms with Crippen molar-refractivity contribution in [3.63, 3.8) is 0 Å². The molecule has 72 heavy (non-hydrogen) atoms. The summed E-state index contributed by atoms with van der Waals surface area (Å²) in [5.74, 6) is 0.177. The molecule has 0 unspecified atom stereocenters. The van der Waals surface area contributed by atoms with Crippen LogP contribution < -0.4 is 39.1 Å². The molecule has 0 radical (unpaired) electrons. The molecular weight excluding hydrogens is 945 g/mol. The number of alkyl halides is 4. The van der Waals surface area contributed by atoms with Gasteiger partial charge in [-0.1, -0.05) is 25.7 Å². The predicted molar refractivity (Wildman–Crippen MR) is 260 cm³/mol. The molecule has 0 saturated heterocycles. The number of carbonyl (C=O) groups is 2. The van der Waals surface area contributed by atoms with E-state index in [4.69, 9.17) is 28.4 Å². The molecule has 0 aliphatic heterocycles. The first-order valence-corrected chi connectivity index (χ1v) is 24.4. The number of aromatic nitrogens is 4. The number of rotatable bonds is 18. The molecule has 4 aromatic heterocycles. The van der Waals surface area contributed by atoms with E-state index in [2.05, 4.69) is 20.6 Å². The SMILES string of the molecule is COc1cc(-c2cnc3cc(OC[C@@H]4CCCC[C@H]4O)ccn23)cc(OC(F)F)c1C(=O)NC1CC1.COc1cc(-c2cnc3cc(OC[C@H]4CCCC[C@@H]4O)ccn23)cc(OC(F)F)c1C(=O)NC1CC1.[HH].[HH]. The van der Waals surface area contributed by atoms with Gasteiger partial charge in [0.25, 0.3) is 11.8 Å². The summed E-state index contributed by atoms with van der Waals surface area (Å²) in [6.45, 7) is -5.36. The fraction of sp³-hybridized carbons (Fsp3) is 0.462. The molecule has 4 heterocycles. The number of methoxy groups -OCH3 is 2. The minimum absolute atomic E-state index is 0. The number of pyridine rings is 2. The van der Waals surface area contributed by atoms with Crippen LogP contribution in [0.3, 0.4) is 0 Å². The number of hydrogen-bond donors (Lipinski definition) is 4. The number of halogens is 4. The fourth-order valence-electron chi connectivity index (χ4n) is 9.30. The molecule has 2 amide bonds. The summed E-state index contributed by atoms with van der Waals surface area (Å²) in [4.78, 5) is 34.4. The third kappa shape index (κ3) is 11.9. The Kier molecular flexibility index (Phi) is 15.5. The average molecular weight is 1010 g/mol. The van der Waals surface area contributed by atoms with E-state index in [9.17, 15) is 37.4 Å². The highest BCUT2D eigenvalue weighted by Crippen LogP contribution is 2.39. The van der Waals surface area contributed by atoms with Gasteiger partial charge in [0.2, 0.25) is 0 Å². The van der Waals surface area contributed by atoms with Crippen molar-refractivity contribution in [3.8, 4) is 57.0 Å². The maximum atomic E-state index is 13.2. The zero-order valence-electron chi connectivity index (χ0n) is 39.9. The lowest BCUT2D eigenvalue weighted by Gasteiger charge is -2.27. The molecule has 20 heteroatoms. The quantitative estimate of drug-likeness (QED) is 0.0599. The van der Waals surface area contributed by atoms with Crippen molar-refractivity contribution in [2.75, 3.05) is 27.4 Å². The van der Waals surface area contributed by atoms with Gasteiger partial charge in [-0.2, -0.15) is 17.6 Å². The van der Waals surface area contributed by atoms with Gasteiger partial charge in [-0.25, -0.2) is 9.97 Å². The Morgan fingerprint density at radius 3 is 1.36 bits per heavy atom. The van der Waals surface area contributed by atoms with Gasteiger partial charge < -0.3 is 49.3 Å². The molecule has 4 N–H and O–H groups in total. The number of imidazole rings is 2. The van der Waals surface area contributed by atoms with Gasteiger partial charge in [0.15, 0.2) is 0 Å². The van der Waals surface area contributed by atoms with Crippen LogP contribution >= 0.6 is 0 Å². The number of ether oxygens (including phenoxy) is 6. The van der Waals surface area contributed by atoms with Crippen molar-refractivity contribution >= 4 is 23.1 Å². The second-order valence-corrected chi connectivity index (χ2v) is 18.7. The number of aliphatic hydroxyl groups excluding tert-OH is 2. The lowest BCUT2D eigenvalue weighted by Crippen LogP contribution is -2.29. The summed E-state index contributed by atoms with van der Waals surface area (Å²) >= 11 is 0. The van der Waals surface area contributed by atoms with E-state index in [1.165, 1.54) is 26.4 Å². The minimum atomic E-state index is -3.11. The smallest absolute Gasteiger partial charge is 0.387 e. The first-order chi connectivity index (χ1) is 34.8. The van der Waals surface area contributed by atoms with Gasteiger partial charge >= 0.3 is 13.2 Å². The van der Waals surface area contributed by atoms with E-state index in [-0.39, 0.29) is 73.1 Å². The summed E-state index contributed by atoms with van der Waals surface area (Å²) in [5, 5.41) is 25.9. The number of aliphatic hydroxyl groups is 2. The molecular formula is C52H62F4N6O10. The van der Waals surface area contributed by atoms with Crippen LogP contribution in [0.2, 0.25) is 0 Å². The lowest BCUT2D eigenvalue weighted by atomic mass is 9.87. The number of benzene rings is 2. The Hall–Kier alpha value is -6.80. The largest absolute Gasteiger partial charge is 0.496 e. The first kappa shape index (κ1) is 50.2. The van der Waals surface area contributed by atoms with Gasteiger partial charge in [0.1, 0.15) is 56.9 Å². The van der Waals surface area contributed by atoms with Crippen LogP contribution in [0.4, 0.5) is 17.6 Å². The van der Waals surface area contributed by atoms with Crippen molar-refractivity contribution in [3.05, 3.63) is 84.4 Å². The van der Waals surface area contributed by atoms with E-state index in [1.807, 2.05) is 0 Å². The normalized spacial score (nSPS) is 19.9. The third-order valence-corrected chi connectivity index (χ3v) is 13.5. The van der Waals surface area contributed by atoms with E-state index in [1.54, 1.807) is 70.0 Å². The highest BCUT2D eigenvalue weighted by molar-refractivity contribution is 6.01. The molecule has 0 bridgehead atoms. The summed E-state index contributed by atoms with van der Waals surface area (Å²) in [7, 11) is 2.75. The number of nitrogens with zero attached hydrogens (tertiary/aromatic N) is 4. The molecule has 4 aliphatic carbocycles. The Balaban J connectivity index is 0.000000211. The first-order valence-electron chi connectivity index (χ1n) is 24.4. The number of hydrogen-bond acceptors (Lipinski definition) is 12. The number of nitrogens with one attached hydrogen (secondary N) is 2. The minimum Gasteiger partial charge on any atom is -0.496 e. The van der Waals surface area contributed by atoms with Crippen LogP contribution in [-0.4, -0.2) is 106 Å². The van der Waals surface area contributed by atoms with Crippen LogP contribution in [0, 0.1) is 11.8 Å². The van der Waals surface area contributed by atoms with E-state index < -0.39 is 25.0 Å². The standard InChI is InChI=1S/2C26H29F2N3O5.2H2/c2*1-34-21-10-16(11-22(36-26(27)28)24(21)25(33)30-17-6-7-17)19-13-29-23-12-18(8-9-31(19)23)35-14-15-4-2-3-5-20(15)32;;/h2*8-13,15,17,20,26,32H,2-7,14H2,1H3,(H,30,33);2*1H/t2*15-,20+;;/m10../s1. The monoisotopic (exact) mass is 1010 g/mol. The van der Waals surface area contributed by atoms with Crippen molar-refractivity contribution in [2.45, 2.75) is 115 Å². The van der Waals surface area contributed by atoms with Crippen molar-refractivity contribution < 1.29 is 68.6 Å². The number of amides is 2. The predicted octanol–water partition coefficient (Wildman–Crippen LogP) is 9.36. The fourth-order valence-corrected chi connectivity index (χ4v) is 9.30. The van der Waals surface area contributed by atoms with Crippen LogP contribution in [0.5, 0.6) is 34.5 Å². The second-order valence-electron chi connectivity index (χ2n) is 18.7. The highest BCUT2D eigenvalue weighted by Gasteiger charge is 2.32. The third-order valence-electron chi connectivity index (χ3n) is 13.5. The molecule has 4 fully saturated rings. The van der Waals surface area contributed by atoms with E-state index in [0.29, 0.717) is 58.5 Å². The summed E-state index contributed by atoms with van der Waals surface area (Å²) in [6, 6.07) is 13.2. The van der Waals surface area contributed by atoms with Gasteiger partial charge in [-0.3, -0.25) is 18.4 Å². The summed E-state index contributed by atoms with van der Waals surface area (Å²) < 4.78 is 88.7. The Labute approximate surface area is 415 Å².